The third kappa shape index (κ3) is 3.47. The van der Waals surface area contributed by atoms with Crippen LogP contribution in [0.2, 0.25) is 0 Å². The lowest BCUT2D eigenvalue weighted by atomic mass is 9.96. The number of aromatic nitrogens is 2. The van der Waals surface area contributed by atoms with Gasteiger partial charge in [0.05, 0.1) is 22.3 Å². The Morgan fingerprint density at radius 2 is 1.97 bits per heavy atom. The first-order chi connectivity index (χ1) is 14.3. The molecule has 6 nitrogen and oxygen atoms in total. The maximum absolute atomic E-state index is 13.6. The zero-order valence-electron chi connectivity index (χ0n) is 16.8. The maximum Gasteiger partial charge on any atom is 0.250 e. The Labute approximate surface area is 178 Å². The van der Waals surface area contributed by atoms with Crippen molar-refractivity contribution in [2.24, 2.45) is 0 Å². The van der Waals surface area contributed by atoms with E-state index >= 15 is 0 Å². The number of carbonyl (C=O) groups is 2. The Hall–Kier alpha value is -3.13. The summed E-state index contributed by atoms with van der Waals surface area (Å²) in [6, 6.07) is 13.4. The van der Waals surface area contributed by atoms with Crippen molar-refractivity contribution in [3.63, 3.8) is 0 Å². The average molecular weight is 425 g/mol. The van der Waals surface area contributed by atoms with Crippen LogP contribution in [0.25, 0.3) is 5.69 Å². The molecule has 3 aromatic rings. The number of nitrogens with zero attached hydrogens (tertiary/aromatic N) is 3. The van der Waals surface area contributed by atoms with Crippen molar-refractivity contribution in [1.29, 1.82) is 0 Å². The summed E-state index contributed by atoms with van der Waals surface area (Å²) in [4.78, 5) is 32.0. The van der Waals surface area contributed by atoms with Gasteiger partial charge in [0.1, 0.15) is 11.4 Å². The van der Waals surface area contributed by atoms with Gasteiger partial charge in [-0.3, -0.25) is 19.1 Å². The number of thioether (sulfide) groups is 1. The summed E-state index contributed by atoms with van der Waals surface area (Å²) < 4.78 is 15.4. The zero-order chi connectivity index (χ0) is 21.5. The number of anilines is 2. The molecule has 1 atom stereocenters. The molecular weight excluding hydrogens is 403 g/mol. The predicted molar refractivity (Wildman–Crippen MR) is 115 cm³/mol. The predicted octanol–water partition coefficient (Wildman–Crippen LogP) is 4.26. The highest BCUT2D eigenvalue weighted by molar-refractivity contribution is 8.00. The van der Waals surface area contributed by atoms with E-state index in [-0.39, 0.29) is 17.6 Å². The monoisotopic (exact) mass is 424 g/mol. The minimum atomic E-state index is -1.04. The van der Waals surface area contributed by atoms with Gasteiger partial charge in [-0.1, -0.05) is 30.0 Å². The van der Waals surface area contributed by atoms with Crippen LogP contribution >= 0.6 is 11.8 Å². The second kappa shape index (κ2) is 7.60. The molecule has 1 aliphatic heterocycles. The van der Waals surface area contributed by atoms with E-state index in [2.05, 4.69) is 10.3 Å². The van der Waals surface area contributed by atoms with Gasteiger partial charge in [-0.15, -0.1) is 0 Å². The molecule has 0 fully saturated rings. The fraction of sp³-hybridized carbons (Fsp3) is 0.227. The number of fused-ring (bicyclic) bond motifs is 1. The number of amides is 2. The topological polar surface area (TPSA) is 67.2 Å². The van der Waals surface area contributed by atoms with Gasteiger partial charge in [-0.05, 0) is 51.1 Å². The molecule has 4 rings (SSSR count). The fourth-order valence-corrected chi connectivity index (χ4v) is 4.36. The van der Waals surface area contributed by atoms with Crippen LogP contribution in [0.3, 0.4) is 0 Å². The number of hydrogen-bond acceptors (Lipinski definition) is 4. The van der Waals surface area contributed by atoms with E-state index in [1.54, 1.807) is 60.8 Å². The number of imidazole rings is 1. The summed E-state index contributed by atoms with van der Waals surface area (Å²) >= 11 is 1.26. The lowest BCUT2D eigenvalue weighted by Crippen LogP contribution is -2.60. The first-order valence-electron chi connectivity index (χ1n) is 9.49. The van der Waals surface area contributed by atoms with Gasteiger partial charge in [-0.2, -0.15) is 0 Å². The van der Waals surface area contributed by atoms with Gasteiger partial charge < -0.3 is 5.32 Å². The Kier molecular flexibility index (Phi) is 5.11. The number of hydrogen-bond donors (Lipinski definition) is 1. The molecule has 0 radical (unpaired) electrons. The van der Waals surface area contributed by atoms with Crippen molar-refractivity contribution < 1.29 is 14.0 Å². The van der Waals surface area contributed by atoms with Crippen LogP contribution in [-0.2, 0) is 9.59 Å². The summed E-state index contributed by atoms with van der Waals surface area (Å²) in [6.07, 6.45) is 3.33. The highest BCUT2D eigenvalue weighted by Gasteiger charge is 2.44. The van der Waals surface area contributed by atoms with Crippen LogP contribution in [0.5, 0.6) is 0 Å². The first kappa shape index (κ1) is 20.2. The van der Waals surface area contributed by atoms with E-state index in [1.165, 1.54) is 23.9 Å². The number of halogens is 1. The Morgan fingerprint density at radius 1 is 1.20 bits per heavy atom. The van der Waals surface area contributed by atoms with E-state index in [0.717, 1.165) is 0 Å². The number of benzene rings is 2. The lowest BCUT2D eigenvalue weighted by Gasteiger charge is -2.43. The molecule has 2 aromatic carbocycles. The van der Waals surface area contributed by atoms with Gasteiger partial charge in [0.25, 0.3) is 0 Å². The molecule has 0 aliphatic carbocycles. The molecule has 0 bridgehead atoms. The Bertz CT molecular complexity index is 1130. The molecule has 2 heterocycles. The zero-order valence-corrected chi connectivity index (χ0v) is 17.6. The van der Waals surface area contributed by atoms with Crippen LogP contribution in [0.15, 0.2) is 66.1 Å². The summed E-state index contributed by atoms with van der Waals surface area (Å²) in [5, 5.41) is 2.90. The highest BCUT2D eigenvalue weighted by atomic mass is 32.2. The Balaban J connectivity index is 1.64. The molecule has 1 aliphatic rings. The van der Waals surface area contributed by atoms with Crippen molar-refractivity contribution in [2.75, 3.05) is 10.2 Å². The summed E-state index contributed by atoms with van der Waals surface area (Å²) in [5.41, 5.74) is 0.845. The van der Waals surface area contributed by atoms with Crippen molar-refractivity contribution in [2.45, 2.75) is 36.7 Å². The maximum atomic E-state index is 13.6. The third-order valence-electron chi connectivity index (χ3n) is 5.05. The van der Waals surface area contributed by atoms with Crippen molar-refractivity contribution >= 4 is 35.0 Å². The largest absolute Gasteiger partial charge is 0.322 e. The summed E-state index contributed by atoms with van der Waals surface area (Å²) in [7, 11) is 0. The molecule has 0 saturated heterocycles. The van der Waals surface area contributed by atoms with Crippen LogP contribution in [0, 0.1) is 5.82 Å². The van der Waals surface area contributed by atoms with E-state index in [4.69, 9.17) is 0 Å². The van der Waals surface area contributed by atoms with E-state index < -0.39 is 10.8 Å². The van der Waals surface area contributed by atoms with Gasteiger partial charge in [0.15, 0.2) is 5.16 Å². The second-order valence-electron chi connectivity index (χ2n) is 7.52. The minimum Gasteiger partial charge on any atom is -0.322 e. The summed E-state index contributed by atoms with van der Waals surface area (Å²) in [5.74, 6) is -0.798. The van der Waals surface area contributed by atoms with Crippen LogP contribution in [0.1, 0.15) is 20.8 Å². The quantitative estimate of drug-likeness (QED) is 0.636. The summed E-state index contributed by atoms with van der Waals surface area (Å²) in [6.45, 7) is 5.23. The second-order valence-corrected chi connectivity index (χ2v) is 8.83. The smallest absolute Gasteiger partial charge is 0.250 e. The van der Waals surface area contributed by atoms with Gasteiger partial charge in [-0.25, -0.2) is 9.37 Å². The van der Waals surface area contributed by atoms with E-state index in [1.807, 2.05) is 18.2 Å². The lowest BCUT2D eigenvalue weighted by molar-refractivity contribution is -0.126. The molecule has 1 aromatic heterocycles. The molecule has 0 saturated carbocycles. The molecule has 30 heavy (non-hydrogen) atoms. The van der Waals surface area contributed by atoms with Gasteiger partial charge >= 0.3 is 0 Å². The molecule has 2 amide bonds. The highest BCUT2D eigenvalue weighted by Crippen LogP contribution is 2.38. The molecule has 154 valence electrons. The molecule has 1 N–H and O–H groups in total. The van der Waals surface area contributed by atoms with Crippen LogP contribution in [0.4, 0.5) is 15.8 Å². The average Bonchev–Trinajstić information content (AvgIpc) is 3.16. The molecule has 0 spiro atoms. The van der Waals surface area contributed by atoms with Gasteiger partial charge in [0, 0.05) is 12.4 Å². The fourth-order valence-electron chi connectivity index (χ4n) is 3.44. The van der Waals surface area contributed by atoms with E-state index in [9.17, 15) is 14.0 Å². The first-order valence-corrected chi connectivity index (χ1v) is 10.4. The number of rotatable bonds is 4. The van der Waals surface area contributed by atoms with Crippen molar-refractivity contribution in [3.05, 3.63) is 66.7 Å². The number of carbonyl (C=O) groups excluding carboxylic acids is 2. The minimum absolute atomic E-state index is 0.207. The van der Waals surface area contributed by atoms with Gasteiger partial charge in [0.2, 0.25) is 11.8 Å². The SMILES string of the molecule is CC(Sc1nccn1-c1cccc(F)c1)C(=O)N1c2ccccc2NC(=O)C1(C)C. The number of nitrogens with one attached hydrogen (secondary N) is 1. The number of para-hydroxylation sites is 2. The van der Waals surface area contributed by atoms with Crippen molar-refractivity contribution in [3.8, 4) is 5.69 Å². The molecule has 8 heteroatoms. The van der Waals surface area contributed by atoms with Crippen LogP contribution in [-0.4, -0.2) is 32.2 Å². The van der Waals surface area contributed by atoms with Crippen LogP contribution < -0.4 is 10.2 Å². The third-order valence-corrected chi connectivity index (χ3v) is 6.12. The molecule has 1 unspecified atom stereocenters. The normalized spacial score (nSPS) is 16.0. The molecular formula is C22H21FN4O2S. The van der Waals surface area contributed by atoms with E-state index in [0.29, 0.717) is 22.2 Å². The standard InChI is InChI=1S/C22H21FN4O2S/c1-14(30-21-24-11-12-26(21)16-8-6-7-15(23)13-16)19(28)27-18-10-5-4-9-17(18)25-20(29)22(27,2)3/h4-14H,1-3H3,(H,25,29). The van der Waals surface area contributed by atoms with Crippen molar-refractivity contribution in [1.82, 2.24) is 9.55 Å². The Morgan fingerprint density at radius 3 is 2.73 bits per heavy atom.